The van der Waals surface area contributed by atoms with Crippen LogP contribution in [-0.2, 0) is 5.41 Å². The lowest BCUT2D eigenvalue weighted by Gasteiger charge is -2.13. The molecular formula is C14H14BrNO2S. The van der Waals surface area contributed by atoms with Crippen molar-refractivity contribution in [3.05, 3.63) is 39.4 Å². The second-order valence-corrected chi connectivity index (χ2v) is 7.09. The molecule has 19 heavy (non-hydrogen) atoms. The maximum absolute atomic E-state index is 11.4. The van der Waals surface area contributed by atoms with Gasteiger partial charge in [0.15, 0.2) is 5.69 Å². The second kappa shape index (κ2) is 5.06. The quantitative estimate of drug-likeness (QED) is 0.871. The van der Waals surface area contributed by atoms with Gasteiger partial charge in [0.25, 0.3) is 0 Å². The number of hydrogen-bond acceptors (Lipinski definition) is 3. The summed E-state index contributed by atoms with van der Waals surface area (Å²) in [7, 11) is 0. The van der Waals surface area contributed by atoms with Crippen molar-refractivity contribution in [1.29, 1.82) is 0 Å². The van der Waals surface area contributed by atoms with Crippen LogP contribution in [0.25, 0.3) is 10.4 Å². The van der Waals surface area contributed by atoms with Crippen LogP contribution >= 0.6 is 27.3 Å². The van der Waals surface area contributed by atoms with Gasteiger partial charge in [0.1, 0.15) is 0 Å². The van der Waals surface area contributed by atoms with Crippen LogP contribution in [0.15, 0.2) is 28.7 Å². The van der Waals surface area contributed by atoms with Gasteiger partial charge in [-0.15, -0.1) is 11.3 Å². The van der Waals surface area contributed by atoms with Gasteiger partial charge in [-0.25, -0.2) is 9.78 Å². The number of thiazole rings is 1. The summed E-state index contributed by atoms with van der Waals surface area (Å²) in [5.74, 6) is -0.988. The van der Waals surface area contributed by atoms with E-state index in [0.29, 0.717) is 4.88 Å². The van der Waals surface area contributed by atoms with Gasteiger partial charge in [0, 0.05) is 15.5 Å². The lowest BCUT2D eigenvalue weighted by molar-refractivity contribution is 0.0692. The molecule has 100 valence electrons. The van der Waals surface area contributed by atoms with Gasteiger partial charge >= 0.3 is 5.97 Å². The average molecular weight is 340 g/mol. The maximum atomic E-state index is 11.4. The Bertz CT molecular complexity index is 629. The third-order valence-electron chi connectivity index (χ3n) is 2.59. The normalized spacial score (nSPS) is 11.6. The second-order valence-electron chi connectivity index (χ2n) is 5.23. The van der Waals surface area contributed by atoms with Crippen LogP contribution in [0.3, 0.4) is 0 Å². The molecule has 0 spiro atoms. The van der Waals surface area contributed by atoms with E-state index in [0.717, 1.165) is 15.0 Å². The van der Waals surface area contributed by atoms with Crippen molar-refractivity contribution in [1.82, 2.24) is 4.98 Å². The number of nitrogens with zero attached hydrogens (tertiary/aromatic N) is 1. The molecule has 0 saturated heterocycles. The van der Waals surface area contributed by atoms with Crippen molar-refractivity contribution < 1.29 is 9.90 Å². The molecule has 0 saturated carbocycles. The van der Waals surface area contributed by atoms with Gasteiger partial charge < -0.3 is 5.11 Å². The Morgan fingerprint density at radius 1 is 1.32 bits per heavy atom. The first-order valence-electron chi connectivity index (χ1n) is 5.80. The molecule has 1 aromatic heterocycles. The summed E-state index contributed by atoms with van der Waals surface area (Å²) >= 11 is 4.90. The van der Waals surface area contributed by atoms with Crippen LogP contribution in [0.2, 0.25) is 0 Å². The first-order chi connectivity index (χ1) is 8.80. The lowest BCUT2D eigenvalue weighted by Crippen LogP contribution is -2.11. The van der Waals surface area contributed by atoms with E-state index in [9.17, 15) is 9.90 Å². The molecule has 0 radical (unpaired) electrons. The first kappa shape index (κ1) is 14.2. The summed E-state index contributed by atoms with van der Waals surface area (Å²) in [4.78, 5) is 16.4. The van der Waals surface area contributed by atoms with E-state index >= 15 is 0 Å². The van der Waals surface area contributed by atoms with E-state index in [1.165, 1.54) is 11.3 Å². The molecule has 0 aliphatic carbocycles. The molecule has 0 aliphatic rings. The number of carboxylic acid groups (broad SMARTS) is 1. The standard InChI is InChI=1S/C14H14BrNO2S/c1-14(2,3)13-16-10(12(17)18)11(19-13)8-6-4-5-7-9(8)15/h4-7H,1-3H3,(H,17,18). The van der Waals surface area contributed by atoms with Gasteiger partial charge in [-0.05, 0) is 6.07 Å². The van der Waals surface area contributed by atoms with Gasteiger partial charge in [-0.2, -0.15) is 0 Å². The van der Waals surface area contributed by atoms with Gasteiger partial charge in [0.2, 0.25) is 0 Å². The predicted octanol–water partition coefficient (Wildman–Crippen LogP) is 4.57. The highest BCUT2D eigenvalue weighted by Crippen LogP contribution is 2.38. The number of benzene rings is 1. The smallest absolute Gasteiger partial charge is 0.356 e. The van der Waals surface area contributed by atoms with Crippen molar-refractivity contribution in [2.45, 2.75) is 26.2 Å². The number of aromatic nitrogens is 1. The number of carboxylic acids is 1. The third kappa shape index (κ3) is 2.87. The largest absolute Gasteiger partial charge is 0.476 e. The van der Waals surface area contributed by atoms with E-state index < -0.39 is 5.97 Å². The average Bonchev–Trinajstić information content (AvgIpc) is 2.74. The summed E-state index contributed by atoms with van der Waals surface area (Å²) in [6.07, 6.45) is 0. The fourth-order valence-corrected chi connectivity index (χ4v) is 3.38. The Hall–Kier alpha value is -1.20. The summed E-state index contributed by atoms with van der Waals surface area (Å²) in [5, 5.41) is 10.2. The van der Waals surface area contributed by atoms with E-state index in [2.05, 4.69) is 20.9 Å². The SMILES string of the molecule is CC(C)(C)c1nc(C(=O)O)c(-c2ccccc2Br)s1. The Morgan fingerprint density at radius 2 is 1.95 bits per heavy atom. The van der Waals surface area contributed by atoms with Crippen molar-refractivity contribution in [3.63, 3.8) is 0 Å². The molecule has 0 aliphatic heterocycles. The van der Waals surface area contributed by atoms with Crippen LogP contribution in [-0.4, -0.2) is 16.1 Å². The maximum Gasteiger partial charge on any atom is 0.356 e. The zero-order valence-corrected chi connectivity index (χ0v) is 13.3. The molecule has 3 nitrogen and oxygen atoms in total. The Morgan fingerprint density at radius 3 is 2.47 bits per heavy atom. The summed E-state index contributed by atoms with van der Waals surface area (Å²) in [6.45, 7) is 6.09. The van der Waals surface area contributed by atoms with E-state index in [1.807, 2.05) is 45.0 Å². The Kier molecular flexibility index (Phi) is 3.78. The van der Waals surface area contributed by atoms with E-state index in [-0.39, 0.29) is 11.1 Å². The number of aromatic carboxylic acids is 1. The summed E-state index contributed by atoms with van der Waals surface area (Å²) < 4.78 is 0.876. The molecule has 0 bridgehead atoms. The lowest BCUT2D eigenvalue weighted by atomic mass is 9.98. The predicted molar refractivity (Wildman–Crippen MR) is 80.9 cm³/mol. The Balaban J connectivity index is 2.66. The molecule has 2 aromatic rings. The minimum absolute atomic E-state index is 0.127. The molecule has 0 unspecified atom stereocenters. The van der Waals surface area contributed by atoms with Crippen LogP contribution < -0.4 is 0 Å². The molecular weight excluding hydrogens is 326 g/mol. The molecule has 1 N–H and O–H groups in total. The summed E-state index contributed by atoms with van der Waals surface area (Å²) in [5.41, 5.74) is 0.837. The van der Waals surface area contributed by atoms with E-state index in [4.69, 9.17) is 0 Å². The fraction of sp³-hybridized carbons (Fsp3) is 0.286. The topological polar surface area (TPSA) is 50.2 Å². The third-order valence-corrected chi connectivity index (χ3v) is 4.80. The van der Waals surface area contributed by atoms with E-state index in [1.54, 1.807) is 0 Å². The zero-order valence-electron chi connectivity index (χ0n) is 10.9. The minimum Gasteiger partial charge on any atom is -0.476 e. The molecule has 2 rings (SSSR count). The minimum atomic E-state index is -0.988. The monoisotopic (exact) mass is 339 g/mol. The fourth-order valence-electron chi connectivity index (χ4n) is 1.61. The number of carbonyl (C=O) groups is 1. The van der Waals surface area contributed by atoms with Crippen LogP contribution in [0.1, 0.15) is 36.3 Å². The zero-order chi connectivity index (χ0) is 14.2. The van der Waals surface area contributed by atoms with Crippen LogP contribution in [0, 0.1) is 0 Å². The van der Waals surface area contributed by atoms with Crippen molar-refractivity contribution in [2.75, 3.05) is 0 Å². The van der Waals surface area contributed by atoms with Gasteiger partial charge in [-0.1, -0.05) is 54.9 Å². The molecule has 0 amide bonds. The van der Waals surface area contributed by atoms with Crippen LogP contribution in [0.4, 0.5) is 0 Å². The molecule has 1 aromatic carbocycles. The molecule has 0 fully saturated rings. The van der Waals surface area contributed by atoms with Gasteiger partial charge in [-0.3, -0.25) is 0 Å². The highest BCUT2D eigenvalue weighted by atomic mass is 79.9. The molecule has 5 heteroatoms. The highest BCUT2D eigenvalue weighted by molar-refractivity contribution is 9.10. The van der Waals surface area contributed by atoms with Gasteiger partial charge in [0.05, 0.1) is 9.88 Å². The number of halogens is 1. The van der Waals surface area contributed by atoms with Crippen LogP contribution in [0.5, 0.6) is 0 Å². The number of hydrogen-bond donors (Lipinski definition) is 1. The first-order valence-corrected chi connectivity index (χ1v) is 7.41. The Labute approximate surface area is 124 Å². The number of rotatable bonds is 2. The van der Waals surface area contributed by atoms with Crippen molar-refractivity contribution in [2.24, 2.45) is 0 Å². The molecule has 0 atom stereocenters. The highest BCUT2D eigenvalue weighted by Gasteiger charge is 2.25. The van der Waals surface area contributed by atoms with Crippen molar-refractivity contribution >= 4 is 33.2 Å². The van der Waals surface area contributed by atoms with Crippen molar-refractivity contribution in [3.8, 4) is 10.4 Å². The molecule has 1 heterocycles. The summed E-state index contributed by atoms with van der Waals surface area (Å²) in [6, 6.07) is 7.59.